The summed E-state index contributed by atoms with van der Waals surface area (Å²) in [5, 5.41) is 13.5. The van der Waals surface area contributed by atoms with E-state index in [-0.39, 0.29) is 18.2 Å². The normalized spacial score (nSPS) is 35.5. The number of aliphatic hydroxyl groups excluding tert-OH is 1. The van der Waals surface area contributed by atoms with Gasteiger partial charge < -0.3 is 19.9 Å². The quantitative estimate of drug-likeness (QED) is 0.720. The van der Waals surface area contributed by atoms with Crippen molar-refractivity contribution < 1.29 is 14.6 Å². The van der Waals surface area contributed by atoms with Crippen LogP contribution in [0.4, 0.5) is 0 Å². The van der Waals surface area contributed by atoms with E-state index in [9.17, 15) is 5.11 Å². The van der Waals surface area contributed by atoms with Gasteiger partial charge in [0.2, 0.25) is 0 Å². The molecule has 4 heteroatoms. The molecule has 2 atom stereocenters. The lowest BCUT2D eigenvalue weighted by Gasteiger charge is -2.37. The standard InChI is InChI=1S/C13H25NO3/c1-13(2)16-8-10(9-17-13)14-11-6-4-3-5-7-12(11)15/h10-12,14-15H,3-9H2,1-2H3. The molecule has 1 saturated heterocycles. The van der Waals surface area contributed by atoms with Crippen molar-refractivity contribution in [2.75, 3.05) is 13.2 Å². The Morgan fingerprint density at radius 3 is 2.41 bits per heavy atom. The Morgan fingerprint density at radius 2 is 1.71 bits per heavy atom. The van der Waals surface area contributed by atoms with Crippen LogP contribution in [0.2, 0.25) is 0 Å². The van der Waals surface area contributed by atoms with Crippen molar-refractivity contribution in [2.24, 2.45) is 0 Å². The van der Waals surface area contributed by atoms with Crippen molar-refractivity contribution in [2.45, 2.75) is 69.9 Å². The Labute approximate surface area is 104 Å². The lowest BCUT2D eigenvalue weighted by atomic mass is 10.0. The Kier molecular flexibility index (Phi) is 4.42. The molecule has 0 radical (unpaired) electrons. The number of aliphatic hydroxyl groups is 1. The minimum absolute atomic E-state index is 0.205. The van der Waals surface area contributed by atoms with E-state index in [1.54, 1.807) is 0 Å². The molecule has 1 saturated carbocycles. The van der Waals surface area contributed by atoms with Crippen LogP contribution >= 0.6 is 0 Å². The number of nitrogens with one attached hydrogen (secondary N) is 1. The average Bonchev–Trinajstić information content (AvgIpc) is 2.47. The van der Waals surface area contributed by atoms with Crippen LogP contribution < -0.4 is 5.32 Å². The van der Waals surface area contributed by atoms with Gasteiger partial charge in [-0.25, -0.2) is 0 Å². The van der Waals surface area contributed by atoms with E-state index in [1.165, 1.54) is 12.8 Å². The molecular formula is C13H25NO3. The van der Waals surface area contributed by atoms with E-state index in [0.717, 1.165) is 19.3 Å². The lowest BCUT2D eigenvalue weighted by Crippen LogP contribution is -2.54. The van der Waals surface area contributed by atoms with Gasteiger partial charge in [0.05, 0.1) is 25.4 Å². The zero-order valence-electron chi connectivity index (χ0n) is 10.9. The molecule has 0 aromatic heterocycles. The smallest absolute Gasteiger partial charge is 0.162 e. The second-order valence-corrected chi connectivity index (χ2v) is 5.70. The third kappa shape index (κ3) is 3.91. The summed E-state index contributed by atoms with van der Waals surface area (Å²) in [4.78, 5) is 0. The predicted molar refractivity (Wildman–Crippen MR) is 65.8 cm³/mol. The van der Waals surface area contributed by atoms with Gasteiger partial charge in [0, 0.05) is 6.04 Å². The van der Waals surface area contributed by atoms with Crippen LogP contribution in [0.5, 0.6) is 0 Å². The molecule has 0 spiro atoms. The first-order chi connectivity index (χ1) is 8.07. The topological polar surface area (TPSA) is 50.7 Å². The molecule has 2 fully saturated rings. The Hall–Kier alpha value is -0.160. The summed E-state index contributed by atoms with van der Waals surface area (Å²) in [5.41, 5.74) is 0. The summed E-state index contributed by atoms with van der Waals surface area (Å²) in [7, 11) is 0. The highest BCUT2D eigenvalue weighted by Crippen LogP contribution is 2.21. The Balaban J connectivity index is 1.80. The summed E-state index contributed by atoms with van der Waals surface area (Å²) in [6, 6.07) is 0.414. The van der Waals surface area contributed by atoms with Crippen LogP contribution in [0.3, 0.4) is 0 Å². The van der Waals surface area contributed by atoms with E-state index < -0.39 is 5.79 Å². The Bertz CT molecular complexity index is 235. The molecule has 0 aromatic rings. The number of hydrogen-bond donors (Lipinski definition) is 2. The van der Waals surface area contributed by atoms with Crippen molar-refractivity contribution in [1.29, 1.82) is 0 Å². The van der Waals surface area contributed by atoms with Crippen LogP contribution in [0.25, 0.3) is 0 Å². The minimum Gasteiger partial charge on any atom is -0.392 e. The van der Waals surface area contributed by atoms with Gasteiger partial charge in [-0.15, -0.1) is 0 Å². The Morgan fingerprint density at radius 1 is 1.06 bits per heavy atom. The highest BCUT2D eigenvalue weighted by Gasteiger charge is 2.31. The van der Waals surface area contributed by atoms with Crippen molar-refractivity contribution in [3.05, 3.63) is 0 Å². The number of rotatable bonds is 2. The average molecular weight is 243 g/mol. The molecule has 1 aliphatic heterocycles. The highest BCUT2D eigenvalue weighted by atomic mass is 16.7. The molecule has 100 valence electrons. The maximum Gasteiger partial charge on any atom is 0.162 e. The molecular weight excluding hydrogens is 218 g/mol. The zero-order valence-corrected chi connectivity index (χ0v) is 10.9. The first-order valence-electron chi connectivity index (χ1n) is 6.79. The van der Waals surface area contributed by atoms with Gasteiger partial charge in [-0.1, -0.05) is 19.3 Å². The van der Waals surface area contributed by atoms with E-state index in [2.05, 4.69) is 5.32 Å². The molecule has 0 amide bonds. The van der Waals surface area contributed by atoms with E-state index >= 15 is 0 Å². The molecule has 1 heterocycles. The first kappa shape index (κ1) is 13.3. The maximum absolute atomic E-state index is 10.0. The SMILES string of the molecule is CC1(C)OCC(NC2CCCCCC2O)CO1. The van der Waals surface area contributed by atoms with Gasteiger partial charge in [-0.2, -0.15) is 0 Å². The van der Waals surface area contributed by atoms with Crippen molar-refractivity contribution in [3.63, 3.8) is 0 Å². The largest absolute Gasteiger partial charge is 0.392 e. The third-order valence-corrected chi connectivity index (χ3v) is 3.69. The van der Waals surface area contributed by atoms with E-state index in [4.69, 9.17) is 9.47 Å². The predicted octanol–water partition coefficient (Wildman–Crippen LogP) is 1.42. The van der Waals surface area contributed by atoms with Gasteiger partial charge in [0.1, 0.15) is 0 Å². The van der Waals surface area contributed by atoms with Gasteiger partial charge in [-0.05, 0) is 26.7 Å². The third-order valence-electron chi connectivity index (χ3n) is 3.69. The number of ether oxygens (including phenoxy) is 2. The van der Waals surface area contributed by atoms with Crippen LogP contribution in [0, 0.1) is 0 Å². The van der Waals surface area contributed by atoms with Crippen molar-refractivity contribution in [1.82, 2.24) is 5.32 Å². The molecule has 2 N–H and O–H groups in total. The van der Waals surface area contributed by atoms with Gasteiger partial charge >= 0.3 is 0 Å². The molecule has 2 rings (SSSR count). The molecule has 2 aliphatic rings. The van der Waals surface area contributed by atoms with Crippen LogP contribution in [0.15, 0.2) is 0 Å². The second kappa shape index (κ2) is 5.65. The highest BCUT2D eigenvalue weighted by molar-refractivity contribution is 4.84. The fourth-order valence-electron chi connectivity index (χ4n) is 2.57. The van der Waals surface area contributed by atoms with E-state index in [0.29, 0.717) is 13.2 Å². The van der Waals surface area contributed by atoms with Crippen LogP contribution in [-0.2, 0) is 9.47 Å². The molecule has 2 unspecified atom stereocenters. The summed E-state index contributed by atoms with van der Waals surface area (Å²) < 4.78 is 11.2. The monoisotopic (exact) mass is 243 g/mol. The minimum atomic E-state index is -0.458. The molecule has 1 aliphatic carbocycles. The fraction of sp³-hybridized carbons (Fsp3) is 1.00. The van der Waals surface area contributed by atoms with Crippen LogP contribution in [-0.4, -0.2) is 42.3 Å². The second-order valence-electron chi connectivity index (χ2n) is 5.70. The first-order valence-corrected chi connectivity index (χ1v) is 6.79. The van der Waals surface area contributed by atoms with Gasteiger partial charge in [0.25, 0.3) is 0 Å². The van der Waals surface area contributed by atoms with Gasteiger partial charge in [-0.3, -0.25) is 0 Å². The molecule has 0 aromatic carbocycles. The summed E-state index contributed by atoms with van der Waals surface area (Å²) in [5.74, 6) is -0.458. The molecule has 0 bridgehead atoms. The van der Waals surface area contributed by atoms with Crippen molar-refractivity contribution in [3.8, 4) is 0 Å². The summed E-state index contributed by atoms with van der Waals surface area (Å²) in [6.45, 7) is 5.19. The maximum atomic E-state index is 10.0. The van der Waals surface area contributed by atoms with Crippen LogP contribution in [0.1, 0.15) is 46.0 Å². The number of hydrogen-bond acceptors (Lipinski definition) is 4. The summed E-state index contributed by atoms with van der Waals surface area (Å²) in [6.07, 6.45) is 5.34. The molecule has 17 heavy (non-hydrogen) atoms. The molecule has 4 nitrogen and oxygen atoms in total. The van der Waals surface area contributed by atoms with E-state index in [1.807, 2.05) is 13.8 Å². The van der Waals surface area contributed by atoms with Gasteiger partial charge in [0.15, 0.2) is 5.79 Å². The zero-order chi connectivity index (χ0) is 12.3. The fourth-order valence-corrected chi connectivity index (χ4v) is 2.57. The summed E-state index contributed by atoms with van der Waals surface area (Å²) >= 11 is 0. The van der Waals surface area contributed by atoms with Crippen molar-refractivity contribution >= 4 is 0 Å². The lowest BCUT2D eigenvalue weighted by molar-refractivity contribution is -0.254.